The largest absolute Gasteiger partial charge is 0.481 e. The molecule has 0 aliphatic carbocycles. The van der Waals surface area contributed by atoms with E-state index in [2.05, 4.69) is 4.84 Å². The van der Waals surface area contributed by atoms with Crippen LogP contribution in [-0.2, 0) is 14.4 Å². The summed E-state index contributed by atoms with van der Waals surface area (Å²) < 4.78 is 0. The Bertz CT molecular complexity index is 134. The maximum Gasteiger partial charge on any atom is 0.328 e. The lowest BCUT2D eigenvalue weighted by Crippen LogP contribution is -2.16. The highest BCUT2D eigenvalue weighted by molar-refractivity contribution is 5.76. The fourth-order valence-corrected chi connectivity index (χ4v) is 0.311. The van der Waals surface area contributed by atoms with Crippen molar-refractivity contribution in [3.63, 3.8) is 0 Å². The van der Waals surface area contributed by atoms with Crippen LogP contribution in [-0.4, -0.2) is 22.3 Å². The lowest BCUT2D eigenvalue weighted by Gasteiger charge is -1.96. The van der Waals surface area contributed by atoms with Crippen molar-refractivity contribution < 1.29 is 24.7 Å². The van der Waals surface area contributed by atoms with Crippen molar-refractivity contribution in [3.8, 4) is 0 Å². The van der Waals surface area contributed by atoms with Crippen LogP contribution < -0.4 is 5.64 Å². The average molecular weight is 149 g/mol. The number of carbonyl (C=O) groups excluding carboxylic acids is 1. The second-order valence-corrected chi connectivity index (χ2v) is 1.46. The molecule has 6 heteroatoms. The van der Waals surface area contributed by atoms with Crippen molar-refractivity contribution in [2.75, 3.05) is 0 Å². The van der Waals surface area contributed by atoms with E-state index in [1.54, 1.807) is 0 Å². The molecule has 0 spiro atoms. The normalized spacial score (nSPS) is 8.90. The van der Waals surface area contributed by atoms with Crippen LogP contribution in [0.3, 0.4) is 0 Å². The molecule has 58 valence electrons. The van der Waals surface area contributed by atoms with Gasteiger partial charge >= 0.3 is 11.9 Å². The van der Waals surface area contributed by atoms with Gasteiger partial charge in [0.15, 0.2) is 0 Å². The number of hydrogen-bond donors (Lipinski definition) is 3. The fraction of sp³-hybridized carbons (Fsp3) is 0.500. The molecule has 0 fully saturated rings. The summed E-state index contributed by atoms with van der Waals surface area (Å²) in [6, 6.07) is 0. The third-order valence-corrected chi connectivity index (χ3v) is 0.702. The molecule has 0 aliphatic heterocycles. The minimum absolute atomic E-state index is 0.261. The van der Waals surface area contributed by atoms with E-state index < -0.39 is 11.9 Å². The zero-order valence-corrected chi connectivity index (χ0v) is 5.03. The quantitative estimate of drug-likeness (QED) is 0.457. The van der Waals surface area contributed by atoms with Gasteiger partial charge in [0, 0.05) is 0 Å². The van der Waals surface area contributed by atoms with Crippen molar-refractivity contribution in [2.24, 2.45) is 0 Å². The van der Waals surface area contributed by atoms with Gasteiger partial charge < -0.3 is 9.94 Å². The van der Waals surface area contributed by atoms with Gasteiger partial charge in [0.2, 0.25) is 0 Å². The molecule has 0 heterocycles. The first-order chi connectivity index (χ1) is 4.66. The van der Waals surface area contributed by atoms with Gasteiger partial charge in [0.05, 0.1) is 12.8 Å². The molecular weight excluding hydrogens is 142 g/mol. The molecule has 0 saturated carbocycles. The Labute approximate surface area is 56.3 Å². The molecule has 6 nitrogen and oxygen atoms in total. The zero-order chi connectivity index (χ0) is 7.98. The molecule has 0 aromatic heterocycles. The predicted octanol–water partition coefficient (Wildman–Crippen LogP) is -0.712. The number of carboxylic acids is 1. The average Bonchev–Trinajstić information content (AvgIpc) is 1.85. The van der Waals surface area contributed by atoms with E-state index in [1.807, 2.05) is 0 Å². The molecule has 0 aromatic rings. The minimum Gasteiger partial charge on any atom is -0.481 e. The highest BCUT2D eigenvalue weighted by atomic mass is 16.8. The summed E-state index contributed by atoms with van der Waals surface area (Å²) >= 11 is 0. The minimum atomic E-state index is -1.09. The summed E-state index contributed by atoms with van der Waals surface area (Å²) in [6.07, 6.45) is -0.566. The van der Waals surface area contributed by atoms with Crippen LogP contribution in [0.1, 0.15) is 12.8 Å². The number of hydrogen-bond acceptors (Lipinski definition) is 5. The van der Waals surface area contributed by atoms with Gasteiger partial charge in [-0.2, -0.15) is 0 Å². The first-order valence-corrected chi connectivity index (χ1v) is 2.47. The molecule has 0 bridgehead atoms. The maximum absolute atomic E-state index is 10.2. The third-order valence-electron chi connectivity index (χ3n) is 0.702. The van der Waals surface area contributed by atoms with Crippen LogP contribution in [0.4, 0.5) is 0 Å². The Hall–Kier alpha value is -1.14. The molecule has 10 heavy (non-hydrogen) atoms. The lowest BCUT2D eigenvalue weighted by molar-refractivity contribution is -0.177. The third kappa shape index (κ3) is 5.01. The van der Waals surface area contributed by atoms with Gasteiger partial charge in [-0.05, 0) is 5.64 Å². The van der Waals surface area contributed by atoms with Crippen LogP contribution in [0.15, 0.2) is 0 Å². The number of carbonyl (C=O) groups is 2. The van der Waals surface area contributed by atoms with E-state index in [4.69, 9.17) is 10.3 Å². The van der Waals surface area contributed by atoms with E-state index >= 15 is 0 Å². The van der Waals surface area contributed by atoms with Crippen LogP contribution in [0, 0.1) is 0 Å². The van der Waals surface area contributed by atoms with Gasteiger partial charge in [0.1, 0.15) is 0 Å². The van der Waals surface area contributed by atoms with Crippen LogP contribution >= 0.6 is 0 Å². The topological polar surface area (TPSA) is 95.9 Å². The summed E-state index contributed by atoms with van der Waals surface area (Å²) in [4.78, 5) is 23.9. The van der Waals surface area contributed by atoms with E-state index in [0.29, 0.717) is 0 Å². The first kappa shape index (κ1) is 8.86. The molecule has 0 atom stereocenters. The van der Waals surface area contributed by atoms with E-state index in [1.165, 1.54) is 0 Å². The van der Waals surface area contributed by atoms with Crippen LogP contribution in [0.5, 0.6) is 0 Å². The molecule has 0 aromatic carbocycles. The van der Waals surface area contributed by atoms with E-state index in [-0.39, 0.29) is 12.8 Å². The monoisotopic (exact) mass is 149 g/mol. The zero-order valence-electron chi connectivity index (χ0n) is 5.03. The van der Waals surface area contributed by atoms with Crippen molar-refractivity contribution in [3.05, 3.63) is 0 Å². The Kier molecular flexibility index (Phi) is 4.17. The van der Waals surface area contributed by atoms with Crippen molar-refractivity contribution in [1.82, 2.24) is 5.64 Å². The fourth-order valence-electron chi connectivity index (χ4n) is 0.311. The Balaban J connectivity index is 3.30. The van der Waals surface area contributed by atoms with Gasteiger partial charge in [-0.15, -0.1) is 0 Å². The molecule has 0 radical (unpaired) electrons. The highest BCUT2D eigenvalue weighted by Gasteiger charge is 2.05. The van der Waals surface area contributed by atoms with Crippen molar-refractivity contribution in [1.29, 1.82) is 0 Å². The van der Waals surface area contributed by atoms with Crippen LogP contribution in [0.25, 0.3) is 0 Å². The maximum atomic E-state index is 10.2. The van der Waals surface area contributed by atoms with Gasteiger partial charge in [-0.1, -0.05) is 0 Å². The summed E-state index contributed by atoms with van der Waals surface area (Å²) in [5.41, 5.74) is 1.15. The summed E-state index contributed by atoms with van der Waals surface area (Å²) in [5, 5.41) is 15.8. The molecular formula is C4H7NO5. The lowest BCUT2D eigenvalue weighted by atomic mass is 10.3. The molecule has 0 amide bonds. The summed E-state index contributed by atoms with van der Waals surface area (Å²) in [7, 11) is 0. The van der Waals surface area contributed by atoms with Gasteiger partial charge in [-0.3, -0.25) is 14.8 Å². The Morgan fingerprint density at radius 3 is 2.40 bits per heavy atom. The number of rotatable bonds is 4. The van der Waals surface area contributed by atoms with Gasteiger partial charge in [-0.25, -0.2) is 0 Å². The number of aliphatic carboxylic acids is 1. The Morgan fingerprint density at radius 2 is 2.00 bits per heavy atom. The standard InChI is InChI=1S/C4H7NO5/c6-3(7)1-2-4(8)10-5-9/h5,9H,1-2H2,(H,6,7). The number of carboxylic acid groups (broad SMARTS) is 1. The first-order valence-electron chi connectivity index (χ1n) is 2.47. The Morgan fingerprint density at radius 1 is 1.40 bits per heavy atom. The van der Waals surface area contributed by atoms with E-state index in [9.17, 15) is 9.59 Å². The molecule has 0 unspecified atom stereocenters. The highest BCUT2D eigenvalue weighted by Crippen LogP contribution is 1.89. The van der Waals surface area contributed by atoms with Crippen LogP contribution in [0.2, 0.25) is 0 Å². The second-order valence-electron chi connectivity index (χ2n) is 1.46. The molecule has 0 rings (SSSR count). The molecule has 0 saturated heterocycles. The van der Waals surface area contributed by atoms with Crippen molar-refractivity contribution in [2.45, 2.75) is 12.8 Å². The SMILES string of the molecule is O=C(O)CCC(=O)ONO. The van der Waals surface area contributed by atoms with Crippen molar-refractivity contribution >= 4 is 11.9 Å². The number of nitrogens with one attached hydrogen (secondary N) is 1. The smallest absolute Gasteiger partial charge is 0.328 e. The molecule has 3 N–H and O–H groups in total. The molecule has 0 aliphatic rings. The summed E-state index contributed by atoms with van der Waals surface area (Å²) in [6.45, 7) is 0. The summed E-state index contributed by atoms with van der Waals surface area (Å²) in [5.74, 6) is -1.90. The second kappa shape index (κ2) is 4.71. The van der Waals surface area contributed by atoms with Gasteiger partial charge in [0.25, 0.3) is 0 Å². The van der Waals surface area contributed by atoms with E-state index in [0.717, 1.165) is 5.64 Å². The predicted molar refractivity (Wildman–Crippen MR) is 27.9 cm³/mol.